The fourth-order valence-electron chi connectivity index (χ4n) is 4.78. The van der Waals surface area contributed by atoms with Crippen LogP contribution in [0, 0.1) is 17.8 Å². The molecule has 0 radical (unpaired) electrons. The standard InChI is InChI=1S/C31H34F3N3O3/c1-18(2)19(3)11-20-12-24(31(32,33)34)16-25(13-20)37-29(38)22-6-5-21-7-8-26(15-23(21)14-22)40-27-9-10-36-28(17-27)30(39)35-4/h7-10,12-13,15-19,22H,5-6,11,14H2,1-4H3,(H,35,39)(H,37,38). The molecule has 1 heterocycles. The maximum Gasteiger partial charge on any atom is 0.416 e. The van der Waals surface area contributed by atoms with Crippen molar-refractivity contribution in [2.75, 3.05) is 12.4 Å². The van der Waals surface area contributed by atoms with Gasteiger partial charge in [0.1, 0.15) is 17.2 Å². The lowest BCUT2D eigenvalue weighted by atomic mass is 9.83. The molecule has 2 N–H and O–H groups in total. The Hall–Kier alpha value is -3.88. The summed E-state index contributed by atoms with van der Waals surface area (Å²) in [5.74, 6) is 0.495. The van der Waals surface area contributed by atoms with E-state index in [-0.39, 0.29) is 29.1 Å². The van der Waals surface area contributed by atoms with Crippen molar-refractivity contribution in [3.8, 4) is 11.5 Å². The van der Waals surface area contributed by atoms with Gasteiger partial charge in [0.25, 0.3) is 5.91 Å². The number of nitrogens with one attached hydrogen (secondary N) is 2. The number of aryl methyl sites for hydroxylation is 1. The fraction of sp³-hybridized carbons (Fsp3) is 0.387. The highest BCUT2D eigenvalue weighted by molar-refractivity contribution is 5.93. The molecule has 2 amide bonds. The molecule has 0 fully saturated rings. The fourth-order valence-corrected chi connectivity index (χ4v) is 4.78. The van der Waals surface area contributed by atoms with Gasteiger partial charge < -0.3 is 15.4 Å². The van der Waals surface area contributed by atoms with Crippen LogP contribution in [0.1, 0.15) is 59.9 Å². The highest BCUT2D eigenvalue weighted by Gasteiger charge is 2.32. The molecule has 0 bridgehead atoms. The average Bonchev–Trinajstić information content (AvgIpc) is 2.91. The summed E-state index contributed by atoms with van der Waals surface area (Å²) in [6.07, 6.45) is -0.826. The number of pyridine rings is 1. The Morgan fingerprint density at radius 1 is 1.02 bits per heavy atom. The van der Waals surface area contributed by atoms with Crippen molar-refractivity contribution in [1.29, 1.82) is 0 Å². The van der Waals surface area contributed by atoms with Gasteiger partial charge in [0.15, 0.2) is 0 Å². The Bertz CT molecular complexity index is 1390. The smallest absolute Gasteiger partial charge is 0.416 e. The molecule has 1 aromatic heterocycles. The molecule has 6 nitrogen and oxygen atoms in total. The molecule has 2 atom stereocenters. The zero-order valence-corrected chi connectivity index (χ0v) is 23.1. The summed E-state index contributed by atoms with van der Waals surface area (Å²) in [4.78, 5) is 29.1. The van der Waals surface area contributed by atoms with E-state index in [1.165, 1.54) is 19.3 Å². The Labute approximate surface area is 232 Å². The second kappa shape index (κ2) is 12.1. The number of ether oxygens (including phenoxy) is 1. The number of hydrogen-bond donors (Lipinski definition) is 2. The average molecular weight is 554 g/mol. The lowest BCUT2D eigenvalue weighted by Gasteiger charge is -2.25. The molecule has 40 heavy (non-hydrogen) atoms. The summed E-state index contributed by atoms with van der Waals surface area (Å²) in [5.41, 5.74) is 2.23. The molecule has 2 aromatic carbocycles. The number of benzene rings is 2. The molecule has 0 aliphatic heterocycles. The van der Waals surface area contributed by atoms with Gasteiger partial charge in [-0.1, -0.05) is 26.8 Å². The van der Waals surface area contributed by atoms with Gasteiger partial charge in [-0.2, -0.15) is 13.2 Å². The summed E-state index contributed by atoms with van der Waals surface area (Å²) >= 11 is 0. The zero-order chi connectivity index (χ0) is 29.0. The summed E-state index contributed by atoms with van der Waals surface area (Å²) in [5, 5.41) is 5.28. The van der Waals surface area contributed by atoms with Gasteiger partial charge in [-0.05, 0) is 90.6 Å². The Kier molecular flexibility index (Phi) is 8.81. The highest BCUT2D eigenvalue weighted by Crippen LogP contribution is 2.35. The predicted molar refractivity (Wildman–Crippen MR) is 147 cm³/mol. The number of carbonyl (C=O) groups excluding carboxylic acids is 2. The predicted octanol–water partition coefficient (Wildman–Crippen LogP) is 6.83. The van der Waals surface area contributed by atoms with Crippen molar-refractivity contribution in [1.82, 2.24) is 10.3 Å². The number of fused-ring (bicyclic) bond motifs is 1. The third-order valence-electron chi connectivity index (χ3n) is 7.49. The first kappa shape index (κ1) is 29.1. The van der Waals surface area contributed by atoms with Crippen molar-refractivity contribution in [2.45, 2.75) is 52.6 Å². The lowest BCUT2D eigenvalue weighted by Crippen LogP contribution is -2.28. The molecular formula is C31H34F3N3O3. The normalized spacial score (nSPS) is 15.8. The number of amides is 2. The van der Waals surface area contributed by atoms with Crippen molar-refractivity contribution < 1.29 is 27.5 Å². The van der Waals surface area contributed by atoms with Gasteiger partial charge in [-0.3, -0.25) is 14.6 Å². The Morgan fingerprint density at radius 2 is 1.77 bits per heavy atom. The second-order valence-electron chi connectivity index (χ2n) is 10.8. The van der Waals surface area contributed by atoms with Gasteiger partial charge in [-0.25, -0.2) is 0 Å². The van der Waals surface area contributed by atoms with E-state index in [1.807, 2.05) is 39.0 Å². The first-order valence-corrected chi connectivity index (χ1v) is 13.4. The van der Waals surface area contributed by atoms with Gasteiger partial charge >= 0.3 is 6.18 Å². The minimum Gasteiger partial charge on any atom is -0.457 e. The van der Waals surface area contributed by atoms with Gasteiger partial charge in [-0.15, -0.1) is 0 Å². The Morgan fingerprint density at radius 3 is 2.48 bits per heavy atom. The van der Waals surface area contributed by atoms with Crippen LogP contribution in [0.15, 0.2) is 54.7 Å². The highest BCUT2D eigenvalue weighted by atomic mass is 19.4. The van der Waals surface area contributed by atoms with Crippen LogP contribution in [0.2, 0.25) is 0 Å². The van der Waals surface area contributed by atoms with E-state index < -0.39 is 17.7 Å². The molecule has 3 aromatic rings. The van der Waals surface area contributed by atoms with E-state index in [2.05, 4.69) is 15.6 Å². The number of alkyl halides is 3. The number of carbonyl (C=O) groups is 2. The number of anilines is 1. The van der Waals surface area contributed by atoms with E-state index in [1.54, 1.807) is 18.2 Å². The van der Waals surface area contributed by atoms with Crippen molar-refractivity contribution in [3.05, 3.63) is 82.7 Å². The van der Waals surface area contributed by atoms with Crippen LogP contribution < -0.4 is 15.4 Å². The molecule has 0 saturated carbocycles. The van der Waals surface area contributed by atoms with Gasteiger partial charge in [0.05, 0.1) is 5.56 Å². The van der Waals surface area contributed by atoms with Crippen molar-refractivity contribution >= 4 is 17.5 Å². The lowest BCUT2D eigenvalue weighted by molar-refractivity contribution is -0.137. The molecule has 1 aliphatic rings. The van der Waals surface area contributed by atoms with E-state index in [0.717, 1.165) is 17.2 Å². The van der Waals surface area contributed by atoms with Gasteiger partial charge in [0, 0.05) is 30.9 Å². The molecule has 2 unspecified atom stereocenters. The largest absolute Gasteiger partial charge is 0.457 e. The molecular weight excluding hydrogens is 519 g/mol. The third-order valence-corrected chi connectivity index (χ3v) is 7.49. The third kappa shape index (κ3) is 7.20. The Balaban J connectivity index is 1.49. The number of nitrogens with zero attached hydrogens (tertiary/aromatic N) is 1. The van der Waals surface area contributed by atoms with Crippen LogP contribution in [-0.4, -0.2) is 23.8 Å². The quantitative estimate of drug-likeness (QED) is 0.320. The first-order chi connectivity index (χ1) is 18.9. The number of halogens is 3. The summed E-state index contributed by atoms with van der Waals surface area (Å²) < 4.78 is 46.8. The van der Waals surface area contributed by atoms with Gasteiger partial charge in [0.2, 0.25) is 5.91 Å². The second-order valence-corrected chi connectivity index (χ2v) is 10.8. The maximum absolute atomic E-state index is 13.6. The topological polar surface area (TPSA) is 80.3 Å². The van der Waals surface area contributed by atoms with Crippen LogP contribution in [0.4, 0.5) is 18.9 Å². The van der Waals surface area contributed by atoms with Crippen LogP contribution >= 0.6 is 0 Å². The number of rotatable bonds is 8. The van der Waals surface area contributed by atoms with E-state index in [9.17, 15) is 22.8 Å². The van der Waals surface area contributed by atoms with Crippen LogP contribution in [-0.2, 0) is 30.2 Å². The maximum atomic E-state index is 13.6. The molecule has 212 valence electrons. The monoisotopic (exact) mass is 553 g/mol. The number of aromatic nitrogens is 1. The summed E-state index contributed by atoms with van der Waals surface area (Å²) in [7, 11) is 1.52. The van der Waals surface area contributed by atoms with E-state index >= 15 is 0 Å². The zero-order valence-electron chi connectivity index (χ0n) is 23.1. The van der Waals surface area contributed by atoms with Crippen LogP contribution in [0.25, 0.3) is 0 Å². The van der Waals surface area contributed by atoms with Crippen molar-refractivity contribution in [3.63, 3.8) is 0 Å². The van der Waals surface area contributed by atoms with Crippen LogP contribution in [0.5, 0.6) is 11.5 Å². The van der Waals surface area contributed by atoms with Crippen molar-refractivity contribution in [2.24, 2.45) is 17.8 Å². The first-order valence-electron chi connectivity index (χ1n) is 13.4. The van der Waals surface area contributed by atoms with E-state index in [4.69, 9.17) is 4.74 Å². The minimum absolute atomic E-state index is 0.165. The van der Waals surface area contributed by atoms with Crippen LogP contribution in [0.3, 0.4) is 0 Å². The summed E-state index contributed by atoms with van der Waals surface area (Å²) in [6.45, 7) is 6.09. The molecule has 1 aliphatic carbocycles. The SMILES string of the molecule is CNC(=O)c1cc(Oc2ccc3c(c2)CC(C(=O)Nc2cc(CC(C)C(C)C)cc(C(F)(F)F)c2)CC3)ccn1. The molecule has 9 heteroatoms. The number of hydrogen-bond acceptors (Lipinski definition) is 4. The minimum atomic E-state index is -4.51. The van der Waals surface area contributed by atoms with E-state index in [0.29, 0.717) is 48.7 Å². The molecule has 0 spiro atoms. The summed E-state index contributed by atoms with van der Waals surface area (Å²) in [6, 6.07) is 12.7. The molecule has 0 saturated heterocycles. The molecule has 4 rings (SSSR count).